The highest BCUT2D eigenvalue weighted by Crippen LogP contribution is 2.35. The molecule has 1 saturated carbocycles. The van der Waals surface area contributed by atoms with Crippen molar-refractivity contribution >= 4 is 5.97 Å². The van der Waals surface area contributed by atoms with Gasteiger partial charge in [-0.3, -0.25) is 9.69 Å². The van der Waals surface area contributed by atoms with Crippen LogP contribution >= 0.6 is 0 Å². The number of carboxylic acids is 1. The predicted octanol–water partition coefficient (Wildman–Crippen LogP) is 3.43. The third-order valence-electron chi connectivity index (χ3n) is 5.87. The second-order valence-corrected chi connectivity index (χ2v) is 7.70. The Kier molecular flexibility index (Phi) is 6.12. The van der Waals surface area contributed by atoms with Crippen molar-refractivity contribution in [2.45, 2.75) is 63.8 Å². The van der Waals surface area contributed by atoms with E-state index in [9.17, 15) is 9.90 Å². The minimum absolute atomic E-state index is 0.480. The second kappa shape index (κ2) is 8.32. The van der Waals surface area contributed by atoms with Crippen LogP contribution in [-0.2, 0) is 16.1 Å². The number of carbonyl (C=O) groups is 1. The zero-order valence-corrected chi connectivity index (χ0v) is 15.2. The molecule has 0 spiro atoms. The van der Waals surface area contributed by atoms with E-state index in [4.69, 9.17) is 9.26 Å². The topological polar surface area (TPSA) is 75.8 Å². The Hall–Kier alpha value is -1.40. The molecule has 1 aliphatic carbocycles. The van der Waals surface area contributed by atoms with E-state index in [2.05, 4.69) is 16.1 Å². The van der Waals surface area contributed by atoms with E-state index in [1.165, 1.54) is 32.1 Å². The summed E-state index contributed by atoms with van der Waals surface area (Å²) in [4.78, 5) is 14.1. The first-order valence-electron chi connectivity index (χ1n) is 9.53. The molecule has 1 saturated heterocycles. The van der Waals surface area contributed by atoms with Crippen molar-refractivity contribution in [1.29, 1.82) is 0 Å². The summed E-state index contributed by atoms with van der Waals surface area (Å²) in [6.07, 6.45) is 8.45. The van der Waals surface area contributed by atoms with Gasteiger partial charge in [0.05, 0.1) is 17.7 Å². The van der Waals surface area contributed by atoms with Gasteiger partial charge in [-0.1, -0.05) is 24.4 Å². The minimum Gasteiger partial charge on any atom is -0.481 e. The van der Waals surface area contributed by atoms with Gasteiger partial charge < -0.3 is 14.4 Å². The maximum atomic E-state index is 11.9. The first kappa shape index (κ1) is 18.4. The number of carboxylic acid groups (broad SMARTS) is 1. The van der Waals surface area contributed by atoms with Crippen LogP contribution in [0.3, 0.4) is 0 Å². The number of ether oxygens (including phenoxy) is 1. The van der Waals surface area contributed by atoms with Crippen molar-refractivity contribution in [2.75, 3.05) is 26.8 Å². The van der Waals surface area contributed by atoms with Crippen LogP contribution in [0.2, 0.25) is 0 Å². The fourth-order valence-corrected chi connectivity index (χ4v) is 4.36. The normalized spacial score (nSPS) is 26.0. The summed E-state index contributed by atoms with van der Waals surface area (Å²) in [5, 5.41) is 14.0. The maximum absolute atomic E-state index is 11.9. The van der Waals surface area contributed by atoms with Gasteiger partial charge in [0.1, 0.15) is 0 Å². The second-order valence-electron chi connectivity index (χ2n) is 7.70. The van der Waals surface area contributed by atoms with Gasteiger partial charge in [-0.25, -0.2) is 0 Å². The van der Waals surface area contributed by atoms with Crippen LogP contribution in [0.25, 0.3) is 0 Å². The van der Waals surface area contributed by atoms with Crippen LogP contribution in [0.4, 0.5) is 0 Å². The summed E-state index contributed by atoms with van der Waals surface area (Å²) in [7, 11) is 1.62. The summed E-state index contributed by atoms with van der Waals surface area (Å²) in [5.74, 6) is 0.677. The molecule has 0 radical (unpaired) electrons. The number of hydrogen-bond donors (Lipinski definition) is 1. The SMILES string of the molecule is COCC[C@]1(C(=O)O)CCCN(Cc2cc(C3CCCCC3)no2)C1. The Morgan fingerprint density at radius 1 is 1.40 bits per heavy atom. The molecule has 1 N–H and O–H groups in total. The number of methoxy groups -OCH3 is 1. The lowest BCUT2D eigenvalue weighted by atomic mass is 9.77. The molecular formula is C19H30N2O4. The Bertz CT molecular complexity index is 568. The van der Waals surface area contributed by atoms with E-state index in [1.54, 1.807) is 7.11 Å². The van der Waals surface area contributed by atoms with E-state index in [0.29, 0.717) is 38.5 Å². The molecule has 1 aromatic rings. The average molecular weight is 350 g/mol. The summed E-state index contributed by atoms with van der Waals surface area (Å²) in [6, 6.07) is 2.09. The quantitative estimate of drug-likeness (QED) is 0.812. The summed E-state index contributed by atoms with van der Waals surface area (Å²) < 4.78 is 10.7. The molecule has 1 atom stereocenters. The Morgan fingerprint density at radius 2 is 2.20 bits per heavy atom. The molecule has 2 heterocycles. The third-order valence-corrected chi connectivity index (χ3v) is 5.87. The average Bonchev–Trinajstić information content (AvgIpc) is 3.09. The van der Waals surface area contributed by atoms with Crippen molar-refractivity contribution in [3.05, 3.63) is 17.5 Å². The molecule has 140 valence electrons. The van der Waals surface area contributed by atoms with Gasteiger partial charge in [0, 0.05) is 32.2 Å². The first-order valence-corrected chi connectivity index (χ1v) is 9.53. The molecular weight excluding hydrogens is 320 g/mol. The lowest BCUT2D eigenvalue weighted by Gasteiger charge is -2.39. The van der Waals surface area contributed by atoms with Gasteiger partial charge in [-0.05, 0) is 38.6 Å². The first-order chi connectivity index (χ1) is 12.1. The van der Waals surface area contributed by atoms with Crippen molar-refractivity contribution < 1.29 is 19.2 Å². The highest BCUT2D eigenvalue weighted by atomic mass is 16.5. The highest BCUT2D eigenvalue weighted by Gasteiger charge is 2.42. The molecule has 6 nitrogen and oxygen atoms in total. The van der Waals surface area contributed by atoms with E-state index >= 15 is 0 Å². The number of piperidine rings is 1. The van der Waals surface area contributed by atoms with Crippen LogP contribution in [0.1, 0.15) is 68.7 Å². The molecule has 0 bridgehead atoms. The van der Waals surface area contributed by atoms with Gasteiger partial charge >= 0.3 is 5.97 Å². The van der Waals surface area contributed by atoms with Crippen LogP contribution in [-0.4, -0.2) is 47.9 Å². The van der Waals surface area contributed by atoms with Crippen molar-refractivity contribution in [2.24, 2.45) is 5.41 Å². The molecule has 3 rings (SSSR count). The van der Waals surface area contributed by atoms with E-state index < -0.39 is 11.4 Å². The van der Waals surface area contributed by atoms with E-state index in [1.807, 2.05) is 0 Å². The van der Waals surface area contributed by atoms with Crippen LogP contribution in [0.15, 0.2) is 10.6 Å². The van der Waals surface area contributed by atoms with Crippen LogP contribution in [0.5, 0.6) is 0 Å². The lowest BCUT2D eigenvalue weighted by molar-refractivity contribution is -0.154. The van der Waals surface area contributed by atoms with Gasteiger partial charge in [0.25, 0.3) is 0 Å². The largest absolute Gasteiger partial charge is 0.481 e. The summed E-state index contributed by atoms with van der Waals surface area (Å²) in [5.41, 5.74) is 0.371. The molecule has 0 amide bonds. The fourth-order valence-electron chi connectivity index (χ4n) is 4.36. The smallest absolute Gasteiger partial charge is 0.311 e. The number of likely N-dealkylation sites (tertiary alicyclic amines) is 1. The lowest BCUT2D eigenvalue weighted by Crippen LogP contribution is -2.48. The number of aliphatic carboxylic acids is 1. The van der Waals surface area contributed by atoms with Crippen molar-refractivity contribution in [1.82, 2.24) is 10.1 Å². The Morgan fingerprint density at radius 3 is 2.92 bits per heavy atom. The number of hydrogen-bond acceptors (Lipinski definition) is 5. The molecule has 0 unspecified atom stereocenters. The van der Waals surface area contributed by atoms with Crippen molar-refractivity contribution in [3.8, 4) is 0 Å². The van der Waals surface area contributed by atoms with Crippen LogP contribution < -0.4 is 0 Å². The molecule has 2 fully saturated rings. The van der Waals surface area contributed by atoms with E-state index in [-0.39, 0.29) is 0 Å². The van der Waals surface area contributed by atoms with Gasteiger partial charge in [0.2, 0.25) is 0 Å². The molecule has 1 aliphatic heterocycles. The van der Waals surface area contributed by atoms with Gasteiger partial charge in [-0.2, -0.15) is 0 Å². The number of rotatable bonds is 7. The predicted molar refractivity (Wildman–Crippen MR) is 93.4 cm³/mol. The van der Waals surface area contributed by atoms with Gasteiger partial charge in [0.15, 0.2) is 5.76 Å². The molecule has 0 aromatic carbocycles. The zero-order valence-electron chi connectivity index (χ0n) is 15.2. The van der Waals surface area contributed by atoms with Crippen molar-refractivity contribution in [3.63, 3.8) is 0 Å². The number of aromatic nitrogens is 1. The third kappa shape index (κ3) is 4.42. The fraction of sp³-hybridized carbons (Fsp3) is 0.789. The summed E-state index contributed by atoms with van der Waals surface area (Å²) >= 11 is 0. The van der Waals surface area contributed by atoms with Crippen LogP contribution in [0, 0.1) is 5.41 Å². The zero-order chi connectivity index (χ0) is 17.7. The molecule has 1 aromatic heterocycles. The Labute approximate surface area is 149 Å². The molecule has 25 heavy (non-hydrogen) atoms. The number of nitrogens with zero attached hydrogens (tertiary/aromatic N) is 2. The highest BCUT2D eigenvalue weighted by molar-refractivity contribution is 5.75. The molecule has 2 aliphatic rings. The maximum Gasteiger partial charge on any atom is 0.311 e. The monoisotopic (exact) mass is 350 g/mol. The standard InChI is InChI=1S/C19H30N2O4/c1-24-11-9-19(18(22)23)8-5-10-21(14-19)13-16-12-17(20-25-16)15-6-3-2-4-7-15/h12,15H,2-11,13-14H2,1H3,(H,22,23)/t19-/m1/s1. The minimum atomic E-state index is -0.713. The Balaban J connectivity index is 1.62. The summed E-state index contributed by atoms with van der Waals surface area (Å²) in [6.45, 7) is 2.57. The van der Waals surface area contributed by atoms with Gasteiger partial charge in [-0.15, -0.1) is 0 Å². The van der Waals surface area contributed by atoms with E-state index in [0.717, 1.165) is 24.4 Å². The molecule has 6 heteroatoms.